The Morgan fingerprint density at radius 1 is 1.31 bits per heavy atom. The van der Waals surface area contributed by atoms with Gasteiger partial charge in [-0.3, -0.25) is 0 Å². The lowest BCUT2D eigenvalue weighted by molar-refractivity contribution is 0.118. The minimum absolute atomic E-state index is 0.0326. The lowest BCUT2D eigenvalue weighted by atomic mass is 9.71. The summed E-state index contributed by atoms with van der Waals surface area (Å²) >= 11 is 6.55. The second-order valence-corrected chi connectivity index (χ2v) is 10.6. The van der Waals surface area contributed by atoms with Crippen molar-refractivity contribution in [1.29, 1.82) is 0 Å². The van der Waals surface area contributed by atoms with Gasteiger partial charge in [-0.15, -0.1) is 0 Å². The van der Waals surface area contributed by atoms with Crippen LogP contribution in [0.2, 0.25) is 0 Å². The monoisotopic (exact) mass is 517 g/mol. The summed E-state index contributed by atoms with van der Waals surface area (Å²) in [7, 11) is 3.62. The van der Waals surface area contributed by atoms with Gasteiger partial charge in [0.1, 0.15) is 23.1 Å². The molecule has 8 heteroatoms. The van der Waals surface area contributed by atoms with Crippen molar-refractivity contribution >= 4 is 17.6 Å². The van der Waals surface area contributed by atoms with Gasteiger partial charge in [-0.2, -0.15) is 0 Å². The Morgan fingerprint density at radius 3 is 2.86 bits per heavy atom. The number of ether oxygens (including phenoxy) is 3. The van der Waals surface area contributed by atoms with Crippen molar-refractivity contribution in [3.05, 3.63) is 53.6 Å². The van der Waals surface area contributed by atoms with Gasteiger partial charge >= 0.3 is 6.03 Å². The third-order valence-corrected chi connectivity index (χ3v) is 7.82. The first kappa shape index (κ1) is 27.0. The van der Waals surface area contributed by atoms with Crippen LogP contribution in [-0.2, 0) is 9.47 Å². The second-order valence-electron chi connectivity index (χ2n) is 10.2. The maximum atomic E-state index is 13.1. The van der Waals surface area contributed by atoms with Gasteiger partial charge in [0.15, 0.2) is 0 Å². The number of rotatable bonds is 11. The number of likely N-dealkylation sites (N-methyl/N-ethyl adjacent to an activating group) is 1. The lowest BCUT2D eigenvalue weighted by Crippen LogP contribution is -2.54. The largest absolute Gasteiger partial charge is 0.486 e. The number of allylic oxidation sites excluding steroid dienone is 2. The number of likely N-dealkylation sites (tertiary alicyclic amines) is 1. The lowest BCUT2D eigenvalue weighted by Gasteiger charge is -2.37. The fourth-order valence-electron chi connectivity index (χ4n) is 5.85. The summed E-state index contributed by atoms with van der Waals surface area (Å²) in [4.78, 5) is 15.0. The Hall–Kier alpha value is -2.06. The molecule has 198 valence electrons. The van der Waals surface area contributed by atoms with Gasteiger partial charge in [-0.1, -0.05) is 35.9 Å². The van der Waals surface area contributed by atoms with Gasteiger partial charge in [-0.25, -0.2) is 4.79 Å². The summed E-state index contributed by atoms with van der Waals surface area (Å²) in [6.07, 6.45) is 10.4. The normalized spacial score (nSPS) is 30.1. The van der Waals surface area contributed by atoms with Crippen molar-refractivity contribution in [2.24, 2.45) is 5.92 Å². The fourth-order valence-corrected chi connectivity index (χ4v) is 6.06. The van der Waals surface area contributed by atoms with E-state index in [1.165, 1.54) is 0 Å². The summed E-state index contributed by atoms with van der Waals surface area (Å²) in [6.45, 7) is 4.74. The Labute approximate surface area is 220 Å². The maximum absolute atomic E-state index is 13.1. The summed E-state index contributed by atoms with van der Waals surface area (Å²) in [5.41, 5.74) is -0.871. The highest BCUT2D eigenvalue weighted by Gasteiger charge is 2.74. The number of para-hydroxylation sites is 1. The van der Waals surface area contributed by atoms with E-state index in [2.05, 4.69) is 16.7 Å². The predicted molar refractivity (Wildman–Crippen MR) is 142 cm³/mol. The zero-order valence-corrected chi connectivity index (χ0v) is 22.4. The molecule has 2 N–H and O–H groups in total. The number of nitrogens with one attached hydrogen (secondary N) is 2. The molecule has 3 aliphatic rings. The molecule has 7 nitrogen and oxygen atoms in total. The number of urea groups is 1. The number of halogens is 1. The molecule has 2 saturated heterocycles. The highest BCUT2D eigenvalue weighted by Crippen LogP contribution is 2.62. The standard InChI is InChI=1S/C28H40ClN3O4/c1-21(19-30-2)31-26(33)32-16-9-14-27(20-32)28(36-27,15-7-8-17-34-3)24-18-22(29)12-13-25(24)35-23-10-5-4-6-11-23/h4-6,10-13,18,21,24-25,30H,7-9,14-17,19-20H2,1-3H3,(H,31,33)/t21-,24?,25?,27+,28+/m0/s1. The number of nitrogens with zero attached hydrogens (tertiary/aromatic N) is 1. The number of hydrogen-bond acceptors (Lipinski definition) is 5. The molecule has 1 aliphatic carbocycles. The summed E-state index contributed by atoms with van der Waals surface area (Å²) in [5, 5.41) is 6.93. The first-order valence-electron chi connectivity index (χ1n) is 13.1. The molecular weight excluding hydrogens is 478 g/mol. The van der Waals surface area contributed by atoms with Crippen LogP contribution in [0.25, 0.3) is 0 Å². The van der Waals surface area contributed by atoms with E-state index in [1.54, 1.807) is 7.11 Å². The second kappa shape index (κ2) is 12.0. The molecule has 2 fully saturated rings. The highest BCUT2D eigenvalue weighted by atomic mass is 35.5. The van der Waals surface area contributed by atoms with Gasteiger partial charge in [0.25, 0.3) is 0 Å². The third-order valence-electron chi connectivity index (χ3n) is 7.57. The molecule has 1 aromatic carbocycles. The molecule has 2 heterocycles. The molecular formula is C28H40ClN3O4. The van der Waals surface area contributed by atoms with Crippen LogP contribution in [0.5, 0.6) is 5.75 Å². The number of carbonyl (C=O) groups is 1. The van der Waals surface area contributed by atoms with E-state index in [-0.39, 0.29) is 24.1 Å². The predicted octanol–water partition coefficient (Wildman–Crippen LogP) is 4.48. The number of hydrogen-bond donors (Lipinski definition) is 2. The fraction of sp³-hybridized carbons (Fsp3) is 0.607. The van der Waals surface area contributed by atoms with Crippen molar-refractivity contribution in [2.75, 3.05) is 40.4 Å². The summed E-state index contributed by atoms with van der Waals surface area (Å²) in [5.74, 6) is 0.750. The Kier molecular flexibility index (Phi) is 8.99. The average Bonchev–Trinajstić information content (AvgIpc) is 3.49. The molecule has 2 unspecified atom stereocenters. The van der Waals surface area contributed by atoms with E-state index in [0.29, 0.717) is 18.2 Å². The van der Waals surface area contributed by atoms with Gasteiger partial charge in [0.05, 0.1) is 12.5 Å². The molecule has 0 aromatic heterocycles. The van der Waals surface area contributed by atoms with Crippen LogP contribution in [0.1, 0.15) is 39.0 Å². The van der Waals surface area contributed by atoms with E-state index in [9.17, 15) is 4.79 Å². The van der Waals surface area contributed by atoms with Crippen molar-refractivity contribution in [2.45, 2.75) is 62.4 Å². The molecule has 2 amide bonds. The molecule has 5 atom stereocenters. The third kappa shape index (κ3) is 5.91. The first-order valence-corrected chi connectivity index (χ1v) is 13.5. The number of amides is 2. The molecule has 0 bridgehead atoms. The molecule has 4 rings (SSSR count). The van der Waals surface area contributed by atoms with Crippen molar-refractivity contribution < 1.29 is 19.0 Å². The smallest absolute Gasteiger partial charge is 0.317 e. The van der Waals surface area contributed by atoms with Crippen LogP contribution in [0.4, 0.5) is 4.79 Å². The number of unbranched alkanes of at least 4 members (excludes halogenated alkanes) is 1. The van der Waals surface area contributed by atoms with E-state index < -0.39 is 11.2 Å². The highest BCUT2D eigenvalue weighted by molar-refractivity contribution is 6.31. The zero-order chi connectivity index (χ0) is 25.6. The van der Waals surface area contributed by atoms with E-state index in [0.717, 1.165) is 50.9 Å². The van der Waals surface area contributed by atoms with Crippen LogP contribution >= 0.6 is 11.6 Å². The number of benzene rings is 1. The molecule has 1 spiro atoms. The topological polar surface area (TPSA) is 75.4 Å². The zero-order valence-electron chi connectivity index (χ0n) is 21.7. The van der Waals surface area contributed by atoms with E-state index >= 15 is 0 Å². The molecule has 2 aliphatic heterocycles. The van der Waals surface area contributed by atoms with Crippen LogP contribution in [0.3, 0.4) is 0 Å². The average molecular weight is 518 g/mol. The maximum Gasteiger partial charge on any atom is 0.317 e. The van der Waals surface area contributed by atoms with Crippen LogP contribution in [0.15, 0.2) is 53.6 Å². The number of epoxide rings is 1. The van der Waals surface area contributed by atoms with Crippen molar-refractivity contribution in [1.82, 2.24) is 15.5 Å². The summed E-state index contributed by atoms with van der Waals surface area (Å²) < 4.78 is 18.6. The Balaban J connectivity index is 1.57. The van der Waals surface area contributed by atoms with E-state index in [1.807, 2.05) is 61.4 Å². The first-order chi connectivity index (χ1) is 17.4. The van der Waals surface area contributed by atoms with Crippen molar-refractivity contribution in [3.8, 4) is 5.75 Å². The SMILES string of the molecule is CNC[C@H](C)NC(=O)N1CCC[C@]2(C1)O[C@]2(CCCCOC)C1C=C(Cl)C=CC1Oc1ccccc1. The van der Waals surface area contributed by atoms with Gasteiger partial charge in [0.2, 0.25) is 0 Å². The van der Waals surface area contributed by atoms with Crippen LogP contribution < -0.4 is 15.4 Å². The molecule has 36 heavy (non-hydrogen) atoms. The van der Waals surface area contributed by atoms with Crippen molar-refractivity contribution in [3.63, 3.8) is 0 Å². The van der Waals surface area contributed by atoms with Gasteiger partial charge in [-0.05, 0) is 70.4 Å². The Morgan fingerprint density at radius 2 is 2.11 bits per heavy atom. The van der Waals surface area contributed by atoms with Crippen LogP contribution in [0, 0.1) is 5.92 Å². The van der Waals surface area contributed by atoms with E-state index in [4.69, 9.17) is 25.8 Å². The molecule has 0 radical (unpaired) electrons. The minimum atomic E-state index is -0.458. The van der Waals surface area contributed by atoms with Gasteiger partial charge < -0.3 is 29.7 Å². The quantitative estimate of drug-likeness (QED) is 0.334. The minimum Gasteiger partial charge on any atom is -0.486 e. The number of methoxy groups -OCH3 is 1. The number of carbonyl (C=O) groups excluding carboxylic acids is 1. The van der Waals surface area contributed by atoms with Crippen LogP contribution in [-0.4, -0.2) is 74.7 Å². The summed E-state index contributed by atoms with van der Waals surface area (Å²) in [6, 6.07) is 9.89. The molecule has 1 aromatic rings. The van der Waals surface area contributed by atoms with Gasteiger partial charge in [0, 0.05) is 37.9 Å². The Bertz CT molecular complexity index is 942. The number of piperidine rings is 1. The molecule has 0 saturated carbocycles.